The van der Waals surface area contributed by atoms with Gasteiger partial charge in [0.05, 0.1) is 6.54 Å². The third-order valence-corrected chi connectivity index (χ3v) is 6.04. The van der Waals surface area contributed by atoms with Gasteiger partial charge in [-0.2, -0.15) is 0 Å². The van der Waals surface area contributed by atoms with Crippen LogP contribution < -0.4 is 5.32 Å². The lowest BCUT2D eigenvalue weighted by molar-refractivity contribution is 0.0512. The van der Waals surface area contributed by atoms with Crippen molar-refractivity contribution in [1.82, 2.24) is 14.8 Å². The molecular formula is C21H30BrIN4O. The predicted molar refractivity (Wildman–Crippen MR) is 130 cm³/mol. The average Bonchev–Trinajstić information content (AvgIpc) is 3.08. The van der Waals surface area contributed by atoms with Crippen LogP contribution in [0.1, 0.15) is 24.1 Å². The van der Waals surface area contributed by atoms with Crippen LogP contribution in [0.5, 0.6) is 0 Å². The Labute approximate surface area is 193 Å². The minimum atomic E-state index is 0. The van der Waals surface area contributed by atoms with Gasteiger partial charge in [0.25, 0.3) is 0 Å². The molecule has 2 heterocycles. The van der Waals surface area contributed by atoms with Crippen LogP contribution in [0.3, 0.4) is 0 Å². The van der Waals surface area contributed by atoms with Crippen molar-refractivity contribution in [3.8, 4) is 0 Å². The first kappa shape index (κ1) is 23.2. The van der Waals surface area contributed by atoms with Crippen LogP contribution in [0.2, 0.25) is 0 Å². The van der Waals surface area contributed by atoms with Crippen molar-refractivity contribution in [2.75, 3.05) is 33.9 Å². The molecule has 1 aliphatic heterocycles. The van der Waals surface area contributed by atoms with E-state index in [4.69, 9.17) is 4.74 Å². The maximum atomic E-state index is 5.65. The summed E-state index contributed by atoms with van der Waals surface area (Å²) in [6.45, 7) is 3.27. The van der Waals surface area contributed by atoms with Gasteiger partial charge in [-0.15, -0.1) is 24.0 Å². The molecule has 0 radical (unpaired) electrons. The number of nitrogens with one attached hydrogen (secondary N) is 1. The number of rotatable bonds is 5. The third-order valence-electron chi connectivity index (χ3n) is 5.52. The highest BCUT2D eigenvalue weighted by Gasteiger charge is 2.34. The molecule has 5 nitrogen and oxygen atoms in total. The summed E-state index contributed by atoms with van der Waals surface area (Å²) < 4.78 is 8.91. The molecule has 1 N–H and O–H groups in total. The second kappa shape index (κ2) is 10.6. The average molecular weight is 561 g/mol. The number of aliphatic imine (C=N–C) groups is 1. The highest BCUT2D eigenvalue weighted by Crippen LogP contribution is 2.35. The van der Waals surface area contributed by atoms with Gasteiger partial charge in [-0.05, 0) is 42.7 Å². The molecule has 0 saturated carbocycles. The maximum Gasteiger partial charge on any atom is 0.193 e. The molecule has 0 amide bonds. The molecule has 1 saturated heterocycles. The lowest BCUT2D eigenvalue weighted by Crippen LogP contribution is -2.48. The molecule has 0 aliphatic carbocycles. The van der Waals surface area contributed by atoms with E-state index >= 15 is 0 Å². The molecule has 1 aromatic carbocycles. The first-order valence-corrected chi connectivity index (χ1v) is 10.2. The molecular weight excluding hydrogens is 531 g/mol. The quantitative estimate of drug-likeness (QED) is 0.339. The first-order chi connectivity index (χ1) is 13.0. The highest BCUT2D eigenvalue weighted by atomic mass is 127. The fourth-order valence-corrected chi connectivity index (χ4v) is 4.01. The molecule has 1 aromatic heterocycles. The number of benzene rings is 1. The van der Waals surface area contributed by atoms with Crippen LogP contribution in [0, 0.1) is 0 Å². The Bertz CT molecular complexity index is 769. The van der Waals surface area contributed by atoms with E-state index in [1.54, 1.807) is 0 Å². The molecule has 1 fully saturated rings. The Morgan fingerprint density at radius 2 is 1.93 bits per heavy atom. The van der Waals surface area contributed by atoms with Gasteiger partial charge in [0.1, 0.15) is 0 Å². The van der Waals surface area contributed by atoms with E-state index in [9.17, 15) is 0 Å². The molecule has 0 unspecified atom stereocenters. The van der Waals surface area contributed by atoms with Gasteiger partial charge in [0.2, 0.25) is 0 Å². The second-order valence-electron chi connectivity index (χ2n) is 7.27. The second-order valence-corrected chi connectivity index (χ2v) is 8.18. The Hall–Kier alpha value is -1.06. The summed E-state index contributed by atoms with van der Waals surface area (Å²) in [5.74, 6) is 0.916. The fourth-order valence-electron chi connectivity index (χ4n) is 3.74. The Balaban J connectivity index is 0.00000280. The lowest BCUT2D eigenvalue weighted by atomic mass is 9.74. The summed E-state index contributed by atoms with van der Waals surface area (Å²) in [6, 6.07) is 12.9. The van der Waals surface area contributed by atoms with Crippen LogP contribution >= 0.6 is 39.9 Å². The number of hydrogen-bond acceptors (Lipinski definition) is 2. The topological polar surface area (TPSA) is 41.8 Å². The standard InChI is InChI=1S/C21H29BrN4O.HI/c1-23-20(26(3)15-19-5-4-12-25(19)2)24-16-21(10-13-27-14-11-21)17-6-8-18(22)9-7-17;/h4-9,12H,10-11,13-16H2,1-3H3,(H,23,24);1H. The minimum absolute atomic E-state index is 0. The molecule has 0 bridgehead atoms. The SMILES string of the molecule is CN=C(NCC1(c2ccc(Br)cc2)CCOCC1)N(C)Cc1cccn1C.I. The van der Waals surface area contributed by atoms with Crippen molar-refractivity contribution < 1.29 is 4.74 Å². The number of aromatic nitrogens is 1. The molecule has 28 heavy (non-hydrogen) atoms. The molecule has 154 valence electrons. The van der Waals surface area contributed by atoms with E-state index in [0.29, 0.717) is 0 Å². The number of guanidine groups is 1. The molecule has 7 heteroatoms. The minimum Gasteiger partial charge on any atom is -0.381 e. The fraction of sp³-hybridized carbons (Fsp3) is 0.476. The smallest absolute Gasteiger partial charge is 0.193 e. The van der Waals surface area contributed by atoms with Crippen molar-refractivity contribution in [2.24, 2.45) is 12.0 Å². The zero-order valence-corrected chi connectivity index (χ0v) is 20.7. The monoisotopic (exact) mass is 560 g/mol. The van der Waals surface area contributed by atoms with Crippen LogP contribution in [0.15, 0.2) is 52.1 Å². The summed E-state index contributed by atoms with van der Waals surface area (Å²) in [7, 11) is 6.00. The zero-order chi connectivity index (χ0) is 19.3. The number of halogens is 2. The Kier molecular flexibility index (Phi) is 8.82. The van der Waals surface area contributed by atoms with E-state index < -0.39 is 0 Å². The number of ether oxygens (including phenoxy) is 1. The molecule has 2 aromatic rings. The van der Waals surface area contributed by atoms with Gasteiger partial charge in [-0.25, -0.2) is 0 Å². The predicted octanol–water partition coefficient (Wildman–Crippen LogP) is 4.16. The van der Waals surface area contributed by atoms with E-state index in [1.165, 1.54) is 11.3 Å². The summed E-state index contributed by atoms with van der Waals surface area (Å²) in [4.78, 5) is 6.68. The van der Waals surface area contributed by atoms with Crippen LogP contribution in [0.4, 0.5) is 0 Å². The highest BCUT2D eigenvalue weighted by molar-refractivity contribution is 14.0. The molecule has 3 rings (SSSR count). The molecule has 0 spiro atoms. The number of aryl methyl sites for hydroxylation is 1. The normalized spacial score (nSPS) is 16.4. The van der Waals surface area contributed by atoms with Gasteiger partial charge in [-0.3, -0.25) is 4.99 Å². The maximum absolute atomic E-state index is 5.65. The van der Waals surface area contributed by atoms with Crippen LogP contribution in [0.25, 0.3) is 0 Å². The lowest BCUT2D eigenvalue weighted by Gasteiger charge is -2.39. The Morgan fingerprint density at radius 1 is 1.25 bits per heavy atom. The van der Waals surface area contributed by atoms with Crippen molar-refractivity contribution in [3.05, 3.63) is 58.3 Å². The summed E-state index contributed by atoms with van der Waals surface area (Å²) in [5, 5.41) is 3.62. The zero-order valence-electron chi connectivity index (χ0n) is 16.8. The first-order valence-electron chi connectivity index (χ1n) is 9.40. The number of hydrogen-bond donors (Lipinski definition) is 1. The van der Waals surface area contributed by atoms with Crippen molar-refractivity contribution in [3.63, 3.8) is 0 Å². The summed E-state index contributed by atoms with van der Waals surface area (Å²) in [5.41, 5.74) is 2.69. The van der Waals surface area contributed by atoms with Crippen molar-refractivity contribution >= 4 is 45.9 Å². The van der Waals surface area contributed by atoms with Gasteiger partial charge in [-0.1, -0.05) is 28.1 Å². The van der Waals surface area contributed by atoms with Crippen LogP contribution in [-0.4, -0.2) is 49.3 Å². The van der Waals surface area contributed by atoms with Crippen molar-refractivity contribution in [2.45, 2.75) is 24.8 Å². The van der Waals surface area contributed by atoms with Gasteiger partial charge in [0.15, 0.2) is 5.96 Å². The third kappa shape index (κ3) is 5.51. The van der Waals surface area contributed by atoms with E-state index in [-0.39, 0.29) is 29.4 Å². The number of nitrogens with zero attached hydrogens (tertiary/aromatic N) is 3. The molecule has 0 atom stereocenters. The van der Waals surface area contributed by atoms with E-state index in [2.05, 4.69) is 92.4 Å². The van der Waals surface area contributed by atoms with Crippen molar-refractivity contribution in [1.29, 1.82) is 0 Å². The van der Waals surface area contributed by atoms with E-state index in [0.717, 1.165) is 49.6 Å². The summed E-state index contributed by atoms with van der Waals surface area (Å²) in [6.07, 6.45) is 4.10. The van der Waals surface area contributed by atoms with E-state index in [1.807, 2.05) is 7.05 Å². The Morgan fingerprint density at radius 3 is 2.50 bits per heavy atom. The van der Waals surface area contributed by atoms with Gasteiger partial charge >= 0.3 is 0 Å². The van der Waals surface area contributed by atoms with Gasteiger partial charge < -0.3 is 19.5 Å². The largest absolute Gasteiger partial charge is 0.381 e. The van der Waals surface area contributed by atoms with Crippen LogP contribution in [-0.2, 0) is 23.7 Å². The van der Waals surface area contributed by atoms with Gasteiger partial charge in [0, 0.05) is 62.7 Å². The summed E-state index contributed by atoms with van der Waals surface area (Å²) >= 11 is 3.55. The molecule has 1 aliphatic rings.